The van der Waals surface area contributed by atoms with E-state index in [1.54, 1.807) is 12.1 Å². The predicted octanol–water partition coefficient (Wildman–Crippen LogP) is 4.06. The standard InChI is InChI=1S/C17H20N2O2/c1-12-7-13(2)9-15(8-12)11-18-14(3)16-5-4-6-17(10-16)19(20)21/h4-10,14,18H,11H2,1-3H3. The highest BCUT2D eigenvalue weighted by Crippen LogP contribution is 2.19. The predicted molar refractivity (Wildman–Crippen MR) is 84.3 cm³/mol. The molecule has 21 heavy (non-hydrogen) atoms. The van der Waals surface area contributed by atoms with Gasteiger partial charge >= 0.3 is 0 Å². The van der Waals surface area contributed by atoms with Crippen LogP contribution in [0.25, 0.3) is 0 Å². The second-order valence-corrected chi connectivity index (χ2v) is 5.45. The van der Waals surface area contributed by atoms with Gasteiger partial charge < -0.3 is 5.32 Å². The van der Waals surface area contributed by atoms with Gasteiger partial charge in [-0.05, 0) is 31.9 Å². The minimum absolute atomic E-state index is 0.0609. The van der Waals surface area contributed by atoms with Crippen molar-refractivity contribution < 1.29 is 4.92 Å². The average Bonchev–Trinajstić information content (AvgIpc) is 2.44. The van der Waals surface area contributed by atoms with Crippen molar-refractivity contribution in [2.24, 2.45) is 0 Å². The van der Waals surface area contributed by atoms with Crippen molar-refractivity contribution in [2.75, 3.05) is 0 Å². The smallest absolute Gasteiger partial charge is 0.269 e. The Morgan fingerprint density at radius 3 is 2.43 bits per heavy atom. The van der Waals surface area contributed by atoms with Gasteiger partial charge in [-0.3, -0.25) is 10.1 Å². The van der Waals surface area contributed by atoms with E-state index in [4.69, 9.17) is 0 Å². The van der Waals surface area contributed by atoms with Crippen molar-refractivity contribution in [1.29, 1.82) is 0 Å². The number of nitrogens with one attached hydrogen (secondary N) is 1. The van der Waals surface area contributed by atoms with Gasteiger partial charge in [0, 0.05) is 24.7 Å². The van der Waals surface area contributed by atoms with Gasteiger partial charge in [-0.2, -0.15) is 0 Å². The van der Waals surface area contributed by atoms with E-state index in [0.29, 0.717) is 0 Å². The molecule has 2 aromatic rings. The molecule has 0 fully saturated rings. The van der Waals surface area contributed by atoms with Crippen LogP contribution in [0, 0.1) is 24.0 Å². The van der Waals surface area contributed by atoms with Crippen LogP contribution in [0.5, 0.6) is 0 Å². The summed E-state index contributed by atoms with van der Waals surface area (Å²) in [6, 6.07) is 13.3. The highest BCUT2D eigenvalue weighted by molar-refractivity contribution is 5.35. The Bertz CT molecular complexity index is 633. The van der Waals surface area contributed by atoms with Crippen LogP contribution in [0.15, 0.2) is 42.5 Å². The third-order valence-electron chi connectivity index (χ3n) is 3.47. The molecular weight excluding hydrogens is 264 g/mol. The Kier molecular flexibility index (Phi) is 4.70. The summed E-state index contributed by atoms with van der Waals surface area (Å²) in [4.78, 5) is 10.5. The number of benzene rings is 2. The Morgan fingerprint density at radius 1 is 1.14 bits per heavy atom. The van der Waals surface area contributed by atoms with Gasteiger partial charge in [-0.25, -0.2) is 0 Å². The Labute approximate surface area is 125 Å². The quantitative estimate of drug-likeness (QED) is 0.665. The van der Waals surface area contributed by atoms with Crippen LogP contribution in [0.4, 0.5) is 5.69 Å². The first kappa shape index (κ1) is 15.2. The van der Waals surface area contributed by atoms with Crippen LogP contribution in [0.3, 0.4) is 0 Å². The highest BCUT2D eigenvalue weighted by Gasteiger charge is 2.10. The van der Waals surface area contributed by atoms with Crippen LogP contribution in [0.2, 0.25) is 0 Å². The van der Waals surface area contributed by atoms with Crippen LogP contribution >= 0.6 is 0 Å². The molecule has 0 spiro atoms. The molecule has 0 aliphatic rings. The maximum absolute atomic E-state index is 10.8. The van der Waals surface area contributed by atoms with Gasteiger partial charge in [0.15, 0.2) is 0 Å². The zero-order chi connectivity index (χ0) is 15.4. The molecule has 2 aromatic carbocycles. The fourth-order valence-electron chi connectivity index (χ4n) is 2.47. The van der Waals surface area contributed by atoms with E-state index in [-0.39, 0.29) is 16.7 Å². The first-order valence-corrected chi connectivity index (χ1v) is 7.00. The van der Waals surface area contributed by atoms with E-state index < -0.39 is 0 Å². The molecule has 0 aromatic heterocycles. The molecule has 4 nitrogen and oxygen atoms in total. The minimum Gasteiger partial charge on any atom is -0.306 e. The van der Waals surface area contributed by atoms with E-state index >= 15 is 0 Å². The van der Waals surface area contributed by atoms with Gasteiger partial charge in [-0.1, -0.05) is 41.5 Å². The van der Waals surface area contributed by atoms with E-state index in [1.807, 2.05) is 13.0 Å². The van der Waals surface area contributed by atoms with Gasteiger partial charge in [0.25, 0.3) is 5.69 Å². The van der Waals surface area contributed by atoms with E-state index in [0.717, 1.165) is 12.1 Å². The SMILES string of the molecule is Cc1cc(C)cc(CNC(C)c2cccc([N+](=O)[O-])c2)c1. The van der Waals surface area contributed by atoms with Crippen molar-refractivity contribution in [1.82, 2.24) is 5.32 Å². The van der Waals surface area contributed by atoms with Crippen LogP contribution in [-0.2, 0) is 6.54 Å². The average molecular weight is 284 g/mol. The number of nitrogens with zero attached hydrogens (tertiary/aromatic N) is 1. The summed E-state index contributed by atoms with van der Waals surface area (Å²) in [5, 5.41) is 14.2. The molecule has 0 radical (unpaired) electrons. The van der Waals surface area contributed by atoms with Gasteiger partial charge in [0.05, 0.1) is 4.92 Å². The lowest BCUT2D eigenvalue weighted by molar-refractivity contribution is -0.384. The largest absolute Gasteiger partial charge is 0.306 e. The van der Waals surface area contributed by atoms with Crippen molar-refractivity contribution >= 4 is 5.69 Å². The summed E-state index contributed by atoms with van der Waals surface area (Å²) in [7, 11) is 0. The molecular formula is C17H20N2O2. The van der Waals surface area contributed by atoms with Crippen molar-refractivity contribution in [3.63, 3.8) is 0 Å². The third-order valence-corrected chi connectivity index (χ3v) is 3.47. The van der Waals surface area contributed by atoms with Crippen LogP contribution in [-0.4, -0.2) is 4.92 Å². The number of rotatable bonds is 5. The van der Waals surface area contributed by atoms with Crippen molar-refractivity contribution in [3.8, 4) is 0 Å². The Balaban J connectivity index is 2.06. The maximum Gasteiger partial charge on any atom is 0.269 e. The van der Waals surface area contributed by atoms with Gasteiger partial charge in [-0.15, -0.1) is 0 Å². The maximum atomic E-state index is 10.8. The fraction of sp³-hybridized carbons (Fsp3) is 0.294. The summed E-state index contributed by atoms with van der Waals surface area (Å²) >= 11 is 0. The minimum atomic E-state index is -0.361. The van der Waals surface area contributed by atoms with E-state index in [9.17, 15) is 10.1 Å². The number of aryl methyl sites for hydroxylation is 2. The van der Waals surface area contributed by atoms with Gasteiger partial charge in [0.2, 0.25) is 0 Å². The first-order chi connectivity index (χ1) is 9.95. The van der Waals surface area contributed by atoms with Crippen LogP contribution in [0.1, 0.15) is 35.2 Å². The molecule has 0 saturated heterocycles. The number of nitro groups is 1. The summed E-state index contributed by atoms with van der Waals surface area (Å²) in [6.45, 7) is 6.93. The number of hydrogen-bond donors (Lipinski definition) is 1. The summed E-state index contributed by atoms with van der Waals surface area (Å²) in [5.74, 6) is 0. The molecule has 110 valence electrons. The molecule has 1 N–H and O–H groups in total. The Morgan fingerprint density at radius 2 is 1.81 bits per heavy atom. The summed E-state index contributed by atoms with van der Waals surface area (Å²) in [5.41, 5.74) is 4.77. The number of hydrogen-bond acceptors (Lipinski definition) is 3. The summed E-state index contributed by atoms with van der Waals surface area (Å²) in [6.07, 6.45) is 0. The lowest BCUT2D eigenvalue weighted by Gasteiger charge is -2.15. The Hall–Kier alpha value is -2.20. The molecule has 4 heteroatoms. The normalized spacial score (nSPS) is 12.1. The molecule has 0 heterocycles. The molecule has 0 aliphatic heterocycles. The van der Waals surface area contributed by atoms with E-state index in [2.05, 4.69) is 37.4 Å². The van der Waals surface area contributed by atoms with Crippen molar-refractivity contribution in [2.45, 2.75) is 33.4 Å². The molecule has 0 saturated carbocycles. The van der Waals surface area contributed by atoms with E-state index in [1.165, 1.54) is 22.8 Å². The lowest BCUT2D eigenvalue weighted by atomic mass is 10.1. The molecule has 0 aliphatic carbocycles. The summed E-state index contributed by atoms with van der Waals surface area (Å²) < 4.78 is 0. The zero-order valence-electron chi connectivity index (χ0n) is 12.6. The highest BCUT2D eigenvalue weighted by atomic mass is 16.6. The van der Waals surface area contributed by atoms with Crippen LogP contribution < -0.4 is 5.32 Å². The lowest BCUT2D eigenvalue weighted by Crippen LogP contribution is -2.18. The molecule has 2 rings (SSSR count). The zero-order valence-corrected chi connectivity index (χ0v) is 12.6. The second-order valence-electron chi connectivity index (χ2n) is 5.45. The van der Waals surface area contributed by atoms with Gasteiger partial charge in [0.1, 0.15) is 0 Å². The topological polar surface area (TPSA) is 55.2 Å². The molecule has 0 amide bonds. The molecule has 1 unspecified atom stereocenters. The number of nitro benzene ring substituents is 1. The van der Waals surface area contributed by atoms with Crippen molar-refractivity contribution in [3.05, 3.63) is 74.8 Å². The third kappa shape index (κ3) is 4.13. The molecule has 1 atom stereocenters. The monoisotopic (exact) mass is 284 g/mol. The fourth-order valence-corrected chi connectivity index (χ4v) is 2.47. The second kappa shape index (κ2) is 6.50. The molecule has 0 bridgehead atoms. The first-order valence-electron chi connectivity index (χ1n) is 7.00. The number of non-ortho nitro benzene ring substituents is 1.